The first-order valence-electron chi connectivity index (χ1n) is 7.74. The normalized spacial score (nSPS) is 10.2. The van der Waals surface area contributed by atoms with Crippen LogP contribution in [0.25, 0.3) is 5.69 Å². The Bertz CT molecular complexity index is 920. The molecule has 1 aromatic heterocycles. The summed E-state index contributed by atoms with van der Waals surface area (Å²) in [6, 6.07) is 15.3. The standard InChI is InChI=1S/C18H17N5O3/c1-26-15-11-23(14-5-3-2-4-6-14)22-16(15)17(24)20-12-7-9-13(10-8-12)21-18(19)25/h2-11H,1H3,(H,20,24)(H3,19,21,25). The van der Waals surface area contributed by atoms with Crippen LogP contribution in [0.4, 0.5) is 16.2 Å². The van der Waals surface area contributed by atoms with Crippen molar-refractivity contribution in [1.29, 1.82) is 0 Å². The Kier molecular flexibility index (Phi) is 4.84. The van der Waals surface area contributed by atoms with Gasteiger partial charge in [0.1, 0.15) is 0 Å². The number of carbonyl (C=O) groups excluding carboxylic acids is 2. The van der Waals surface area contributed by atoms with E-state index in [1.54, 1.807) is 35.1 Å². The number of anilines is 2. The summed E-state index contributed by atoms with van der Waals surface area (Å²) >= 11 is 0. The van der Waals surface area contributed by atoms with Gasteiger partial charge >= 0.3 is 6.03 Å². The fraction of sp³-hybridized carbons (Fsp3) is 0.0556. The lowest BCUT2D eigenvalue weighted by Crippen LogP contribution is -2.19. The molecule has 4 N–H and O–H groups in total. The molecule has 0 saturated heterocycles. The zero-order valence-corrected chi connectivity index (χ0v) is 14.0. The Morgan fingerprint density at radius 3 is 2.19 bits per heavy atom. The summed E-state index contributed by atoms with van der Waals surface area (Å²) < 4.78 is 6.84. The minimum absolute atomic E-state index is 0.163. The highest BCUT2D eigenvalue weighted by Gasteiger charge is 2.18. The number of amides is 3. The molecule has 8 nitrogen and oxygen atoms in total. The van der Waals surface area contributed by atoms with Gasteiger partial charge < -0.3 is 21.1 Å². The van der Waals surface area contributed by atoms with Gasteiger partial charge in [-0.2, -0.15) is 5.10 Å². The fourth-order valence-electron chi connectivity index (χ4n) is 2.35. The molecular formula is C18H17N5O3. The Labute approximate surface area is 149 Å². The highest BCUT2D eigenvalue weighted by molar-refractivity contribution is 6.04. The third kappa shape index (κ3) is 3.81. The van der Waals surface area contributed by atoms with Crippen molar-refractivity contribution >= 4 is 23.3 Å². The van der Waals surface area contributed by atoms with Crippen LogP contribution in [0.15, 0.2) is 60.8 Å². The average molecular weight is 351 g/mol. The van der Waals surface area contributed by atoms with Gasteiger partial charge in [0.05, 0.1) is 19.0 Å². The van der Waals surface area contributed by atoms with E-state index in [9.17, 15) is 9.59 Å². The number of hydrogen-bond acceptors (Lipinski definition) is 4. The van der Waals surface area contributed by atoms with Crippen molar-refractivity contribution in [3.8, 4) is 11.4 Å². The van der Waals surface area contributed by atoms with E-state index in [1.807, 2.05) is 30.3 Å². The van der Waals surface area contributed by atoms with Crippen molar-refractivity contribution in [2.45, 2.75) is 0 Å². The predicted molar refractivity (Wildman–Crippen MR) is 97.7 cm³/mol. The molecule has 0 aliphatic rings. The number of primary amides is 1. The molecule has 0 aliphatic heterocycles. The van der Waals surface area contributed by atoms with Gasteiger partial charge in [-0.15, -0.1) is 0 Å². The molecule has 0 aliphatic carbocycles. The van der Waals surface area contributed by atoms with Gasteiger partial charge in [0.25, 0.3) is 5.91 Å². The number of para-hydroxylation sites is 1. The third-order valence-corrected chi connectivity index (χ3v) is 3.55. The number of aromatic nitrogens is 2. The van der Waals surface area contributed by atoms with Crippen molar-refractivity contribution in [3.05, 3.63) is 66.5 Å². The largest absolute Gasteiger partial charge is 0.493 e. The lowest BCUT2D eigenvalue weighted by atomic mass is 10.2. The van der Waals surface area contributed by atoms with Crippen LogP contribution in [0, 0.1) is 0 Å². The minimum atomic E-state index is -0.655. The lowest BCUT2D eigenvalue weighted by Gasteiger charge is -2.06. The maximum atomic E-state index is 12.5. The van der Waals surface area contributed by atoms with Gasteiger partial charge in [0.2, 0.25) is 0 Å². The first kappa shape index (κ1) is 17.0. The first-order chi connectivity index (χ1) is 12.6. The Balaban J connectivity index is 1.79. The second-order valence-corrected chi connectivity index (χ2v) is 5.35. The Hall–Kier alpha value is -3.81. The maximum Gasteiger partial charge on any atom is 0.316 e. The van der Waals surface area contributed by atoms with Crippen LogP contribution < -0.4 is 21.1 Å². The van der Waals surface area contributed by atoms with Gasteiger partial charge in [-0.1, -0.05) is 18.2 Å². The molecule has 3 amide bonds. The molecule has 3 aromatic rings. The summed E-state index contributed by atoms with van der Waals surface area (Å²) in [6.45, 7) is 0. The molecule has 0 atom stereocenters. The van der Waals surface area contributed by atoms with E-state index in [0.717, 1.165) is 5.69 Å². The molecule has 2 aromatic carbocycles. The van der Waals surface area contributed by atoms with Crippen LogP contribution in [0.2, 0.25) is 0 Å². The van der Waals surface area contributed by atoms with E-state index in [-0.39, 0.29) is 5.69 Å². The summed E-state index contributed by atoms with van der Waals surface area (Å²) in [5.41, 5.74) is 7.10. The van der Waals surface area contributed by atoms with Crippen LogP contribution in [-0.4, -0.2) is 28.8 Å². The highest BCUT2D eigenvalue weighted by Crippen LogP contribution is 2.21. The highest BCUT2D eigenvalue weighted by atomic mass is 16.5. The maximum absolute atomic E-state index is 12.5. The monoisotopic (exact) mass is 351 g/mol. The summed E-state index contributed by atoms with van der Waals surface area (Å²) in [4.78, 5) is 23.4. The van der Waals surface area contributed by atoms with Gasteiger partial charge in [0.15, 0.2) is 11.4 Å². The van der Waals surface area contributed by atoms with Gasteiger partial charge in [-0.3, -0.25) is 4.79 Å². The molecular weight excluding hydrogens is 334 g/mol. The fourth-order valence-corrected chi connectivity index (χ4v) is 2.35. The minimum Gasteiger partial charge on any atom is -0.493 e. The molecule has 3 rings (SSSR count). The third-order valence-electron chi connectivity index (χ3n) is 3.55. The number of urea groups is 1. The number of nitrogens with zero attached hydrogens (tertiary/aromatic N) is 2. The summed E-state index contributed by atoms with van der Waals surface area (Å²) in [5, 5.41) is 9.50. The van der Waals surface area contributed by atoms with E-state index >= 15 is 0 Å². The van der Waals surface area contributed by atoms with Crippen molar-refractivity contribution in [2.75, 3.05) is 17.7 Å². The zero-order chi connectivity index (χ0) is 18.5. The van der Waals surface area contributed by atoms with Gasteiger partial charge in [-0.05, 0) is 36.4 Å². The quantitative estimate of drug-likeness (QED) is 0.656. The smallest absolute Gasteiger partial charge is 0.316 e. The van der Waals surface area contributed by atoms with E-state index in [2.05, 4.69) is 15.7 Å². The number of rotatable bonds is 5. The van der Waals surface area contributed by atoms with E-state index < -0.39 is 11.9 Å². The molecule has 0 saturated carbocycles. The summed E-state index contributed by atoms with van der Waals surface area (Å²) in [5.74, 6) is -0.0505. The molecule has 132 valence electrons. The van der Waals surface area contributed by atoms with Crippen LogP contribution >= 0.6 is 0 Å². The lowest BCUT2D eigenvalue weighted by molar-refractivity contribution is 0.101. The van der Waals surface area contributed by atoms with Crippen LogP contribution in [0.5, 0.6) is 5.75 Å². The number of nitrogens with two attached hydrogens (primary N) is 1. The number of benzene rings is 2. The zero-order valence-electron chi connectivity index (χ0n) is 14.0. The second kappa shape index (κ2) is 7.39. The van der Waals surface area contributed by atoms with Crippen LogP contribution in [0.3, 0.4) is 0 Å². The predicted octanol–water partition coefficient (Wildman–Crippen LogP) is 2.62. The number of hydrogen-bond donors (Lipinski definition) is 3. The number of nitrogens with one attached hydrogen (secondary N) is 2. The molecule has 1 heterocycles. The Morgan fingerprint density at radius 1 is 1.00 bits per heavy atom. The van der Waals surface area contributed by atoms with Crippen molar-refractivity contribution < 1.29 is 14.3 Å². The molecule has 0 spiro atoms. The first-order valence-corrected chi connectivity index (χ1v) is 7.74. The molecule has 0 radical (unpaired) electrons. The molecule has 0 bridgehead atoms. The SMILES string of the molecule is COc1cn(-c2ccccc2)nc1C(=O)Nc1ccc(NC(N)=O)cc1. The van der Waals surface area contributed by atoms with E-state index in [1.165, 1.54) is 7.11 Å². The van der Waals surface area contributed by atoms with Crippen molar-refractivity contribution in [3.63, 3.8) is 0 Å². The molecule has 8 heteroatoms. The molecule has 0 unspecified atom stereocenters. The van der Waals surface area contributed by atoms with E-state index in [0.29, 0.717) is 17.1 Å². The van der Waals surface area contributed by atoms with Gasteiger partial charge in [-0.25, -0.2) is 9.48 Å². The topological polar surface area (TPSA) is 111 Å². The Morgan fingerprint density at radius 2 is 1.62 bits per heavy atom. The second-order valence-electron chi connectivity index (χ2n) is 5.35. The number of ether oxygens (including phenoxy) is 1. The molecule has 26 heavy (non-hydrogen) atoms. The van der Waals surface area contributed by atoms with Gasteiger partial charge in [0, 0.05) is 11.4 Å². The molecule has 0 fully saturated rings. The van der Waals surface area contributed by atoms with Crippen molar-refractivity contribution in [2.24, 2.45) is 5.73 Å². The summed E-state index contributed by atoms with van der Waals surface area (Å²) in [6.07, 6.45) is 1.64. The number of carbonyl (C=O) groups is 2. The summed E-state index contributed by atoms with van der Waals surface area (Å²) in [7, 11) is 1.48. The average Bonchev–Trinajstić information content (AvgIpc) is 3.08. The van der Waals surface area contributed by atoms with Crippen LogP contribution in [-0.2, 0) is 0 Å². The van der Waals surface area contributed by atoms with Crippen LogP contribution in [0.1, 0.15) is 10.5 Å². The van der Waals surface area contributed by atoms with E-state index in [4.69, 9.17) is 10.5 Å². The van der Waals surface area contributed by atoms with Crippen molar-refractivity contribution in [1.82, 2.24) is 9.78 Å². The number of methoxy groups -OCH3 is 1.